The molecule has 1 rings (SSSR count). The third-order valence-corrected chi connectivity index (χ3v) is 1.73. The Labute approximate surface area is 60.9 Å². The summed E-state index contributed by atoms with van der Waals surface area (Å²) in [6.07, 6.45) is 3.43. The summed E-state index contributed by atoms with van der Waals surface area (Å²) in [4.78, 5) is 10.1. The molecule has 0 aromatic heterocycles. The molecule has 1 saturated heterocycles. The molecule has 56 valence electrons. The molecular weight excluding hydrogens is 128 g/mol. The second-order valence-electron chi connectivity index (χ2n) is 2.52. The second-order valence-corrected chi connectivity index (χ2v) is 2.52. The quantitative estimate of drug-likeness (QED) is 0.427. The predicted octanol–water partition coefficient (Wildman–Crippen LogP) is 1.31. The molecule has 0 spiro atoms. The maximum atomic E-state index is 10.1. The van der Waals surface area contributed by atoms with Crippen LogP contribution in [0.4, 0.5) is 0 Å². The van der Waals surface area contributed by atoms with Crippen LogP contribution in [0.25, 0.3) is 0 Å². The summed E-state index contributed by atoms with van der Waals surface area (Å²) in [5.74, 6) is 0. The van der Waals surface area contributed by atoms with E-state index in [2.05, 4.69) is 6.58 Å². The fourth-order valence-corrected chi connectivity index (χ4v) is 1.13. The molecule has 0 saturated carbocycles. The zero-order chi connectivity index (χ0) is 7.40. The highest BCUT2D eigenvalue weighted by Gasteiger charge is 2.16. The van der Waals surface area contributed by atoms with Crippen LogP contribution < -0.4 is 0 Å². The molecule has 1 unspecified atom stereocenters. The van der Waals surface area contributed by atoms with Crippen molar-refractivity contribution in [3.05, 3.63) is 12.2 Å². The summed E-state index contributed by atoms with van der Waals surface area (Å²) < 4.78 is 5.30. The topological polar surface area (TPSA) is 26.3 Å². The molecule has 1 aliphatic rings. The lowest BCUT2D eigenvalue weighted by atomic mass is 10.0. The van der Waals surface area contributed by atoms with Crippen LogP contribution >= 0.6 is 0 Å². The van der Waals surface area contributed by atoms with E-state index in [1.807, 2.05) is 0 Å². The minimum Gasteiger partial charge on any atom is -0.373 e. The second kappa shape index (κ2) is 3.52. The zero-order valence-electron chi connectivity index (χ0n) is 6.01. The lowest BCUT2D eigenvalue weighted by Crippen LogP contribution is -2.21. The molecule has 1 heterocycles. The summed E-state index contributed by atoms with van der Waals surface area (Å²) in [5, 5.41) is 0. The van der Waals surface area contributed by atoms with Crippen LogP contribution in [-0.2, 0) is 9.53 Å². The molecule has 0 radical (unpaired) electrons. The van der Waals surface area contributed by atoms with Gasteiger partial charge >= 0.3 is 0 Å². The maximum absolute atomic E-state index is 10.1. The molecule has 0 amide bonds. The minimum atomic E-state index is 0.00579. The fourth-order valence-electron chi connectivity index (χ4n) is 1.13. The highest BCUT2D eigenvalue weighted by molar-refractivity contribution is 5.51. The van der Waals surface area contributed by atoms with Crippen LogP contribution in [0, 0.1) is 0 Å². The van der Waals surface area contributed by atoms with Crippen LogP contribution in [0.15, 0.2) is 12.2 Å². The standard InChI is InChI=1S/C8H12O2/c1-7-3-2-6-10-8(7)4-5-9/h5,8H,1-4,6H2. The van der Waals surface area contributed by atoms with Gasteiger partial charge in [0.15, 0.2) is 0 Å². The molecule has 0 N–H and O–H groups in total. The van der Waals surface area contributed by atoms with Crippen molar-refractivity contribution in [2.75, 3.05) is 6.61 Å². The average molecular weight is 140 g/mol. The number of carbonyl (C=O) groups excluding carboxylic acids is 1. The number of hydrogen-bond acceptors (Lipinski definition) is 2. The summed E-state index contributed by atoms with van der Waals surface area (Å²) in [7, 11) is 0. The van der Waals surface area contributed by atoms with Gasteiger partial charge in [-0.1, -0.05) is 6.58 Å². The van der Waals surface area contributed by atoms with Gasteiger partial charge in [-0.05, 0) is 18.4 Å². The average Bonchev–Trinajstić information content (AvgIpc) is 1.94. The number of aldehydes is 1. The van der Waals surface area contributed by atoms with Crippen molar-refractivity contribution < 1.29 is 9.53 Å². The molecule has 0 aliphatic carbocycles. The van der Waals surface area contributed by atoms with E-state index in [4.69, 9.17) is 4.74 Å². The van der Waals surface area contributed by atoms with Gasteiger partial charge in [-0.25, -0.2) is 0 Å². The van der Waals surface area contributed by atoms with Crippen molar-refractivity contribution in [1.82, 2.24) is 0 Å². The molecule has 0 bridgehead atoms. The first-order chi connectivity index (χ1) is 4.84. The number of ether oxygens (including phenoxy) is 1. The van der Waals surface area contributed by atoms with E-state index in [9.17, 15) is 4.79 Å². The smallest absolute Gasteiger partial charge is 0.122 e. The van der Waals surface area contributed by atoms with E-state index in [0.717, 1.165) is 31.3 Å². The van der Waals surface area contributed by atoms with Gasteiger partial charge in [-0.15, -0.1) is 0 Å². The van der Waals surface area contributed by atoms with E-state index in [1.165, 1.54) is 0 Å². The lowest BCUT2D eigenvalue weighted by Gasteiger charge is -2.22. The first-order valence-electron chi connectivity index (χ1n) is 3.57. The Morgan fingerprint density at radius 2 is 2.60 bits per heavy atom. The van der Waals surface area contributed by atoms with Crippen molar-refractivity contribution in [3.63, 3.8) is 0 Å². The largest absolute Gasteiger partial charge is 0.373 e. The van der Waals surface area contributed by atoms with E-state index in [-0.39, 0.29) is 6.10 Å². The number of hydrogen-bond donors (Lipinski definition) is 0. The Balaban J connectivity index is 2.39. The number of rotatable bonds is 2. The van der Waals surface area contributed by atoms with Crippen molar-refractivity contribution in [2.45, 2.75) is 25.4 Å². The Morgan fingerprint density at radius 3 is 3.20 bits per heavy atom. The Kier molecular flexibility index (Phi) is 2.63. The fraction of sp³-hybridized carbons (Fsp3) is 0.625. The van der Waals surface area contributed by atoms with Crippen LogP contribution in [-0.4, -0.2) is 19.0 Å². The molecule has 2 nitrogen and oxygen atoms in total. The van der Waals surface area contributed by atoms with Crippen molar-refractivity contribution in [3.8, 4) is 0 Å². The van der Waals surface area contributed by atoms with Gasteiger partial charge in [0.05, 0.1) is 6.10 Å². The van der Waals surface area contributed by atoms with Gasteiger partial charge in [-0.3, -0.25) is 0 Å². The normalized spacial score (nSPS) is 26.4. The molecule has 0 aromatic carbocycles. The van der Waals surface area contributed by atoms with E-state index in [1.54, 1.807) is 0 Å². The SMILES string of the molecule is C=C1CCCOC1CC=O. The molecule has 2 heteroatoms. The van der Waals surface area contributed by atoms with Gasteiger partial charge in [0.25, 0.3) is 0 Å². The molecular formula is C8H12O2. The van der Waals surface area contributed by atoms with Crippen molar-refractivity contribution in [1.29, 1.82) is 0 Å². The maximum Gasteiger partial charge on any atom is 0.122 e. The summed E-state index contributed by atoms with van der Waals surface area (Å²) >= 11 is 0. The summed E-state index contributed by atoms with van der Waals surface area (Å²) in [6, 6.07) is 0. The minimum absolute atomic E-state index is 0.00579. The molecule has 1 aliphatic heterocycles. The number of carbonyl (C=O) groups is 1. The van der Waals surface area contributed by atoms with Crippen LogP contribution in [0.5, 0.6) is 0 Å². The first kappa shape index (κ1) is 7.48. The van der Waals surface area contributed by atoms with Crippen molar-refractivity contribution >= 4 is 6.29 Å². The van der Waals surface area contributed by atoms with Crippen LogP contribution in [0.2, 0.25) is 0 Å². The van der Waals surface area contributed by atoms with E-state index in [0.29, 0.717) is 6.42 Å². The highest BCUT2D eigenvalue weighted by atomic mass is 16.5. The monoisotopic (exact) mass is 140 g/mol. The molecule has 10 heavy (non-hydrogen) atoms. The third kappa shape index (κ3) is 1.67. The van der Waals surface area contributed by atoms with Crippen molar-refractivity contribution in [2.24, 2.45) is 0 Å². The lowest BCUT2D eigenvalue weighted by molar-refractivity contribution is -0.110. The summed E-state index contributed by atoms with van der Waals surface area (Å²) in [5.41, 5.74) is 1.07. The van der Waals surface area contributed by atoms with Gasteiger partial charge in [0, 0.05) is 13.0 Å². The zero-order valence-corrected chi connectivity index (χ0v) is 6.01. The van der Waals surface area contributed by atoms with Gasteiger partial charge in [0.2, 0.25) is 0 Å². The molecule has 0 aromatic rings. The van der Waals surface area contributed by atoms with Crippen LogP contribution in [0.1, 0.15) is 19.3 Å². The highest BCUT2D eigenvalue weighted by Crippen LogP contribution is 2.19. The Hall–Kier alpha value is -0.630. The molecule has 1 fully saturated rings. The molecule has 1 atom stereocenters. The van der Waals surface area contributed by atoms with E-state index >= 15 is 0 Å². The third-order valence-electron chi connectivity index (χ3n) is 1.73. The summed E-state index contributed by atoms with van der Waals surface area (Å²) in [6.45, 7) is 4.61. The van der Waals surface area contributed by atoms with Gasteiger partial charge in [-0.2, -0.15) is 0 Å². The predicted molar refractivity (Wildman–Crippen MR) is 38.8 cm³/mol. The Morgan fingerprint density at radius 1 is 1.80 bits per heavy atom. The first-order valence-corrected chi connectivity index (χ1v) is 3.57. The van der Waals surface area contributed by atoms with Gasteiger partial charge in [0.1, 0.15) is 6.29 Å². The Bertz CT molecular complexity index is 140. The van der Waals surface area contributed by atoms with Gasteiger partial charge < -0.3 is 9.53 Å². The van der Waals surface area contributed by atoms with Crippen LogP contribution in [0.3, 0.4) is 0 Å². The van der Waals surface area contributed by atoms with E-state index < -0.39 is 0 Å².